The zero-order valence-corrected chi connectivity index (χ0v) is 7.93. The first-order chi connectivity index (χ1) is 4.76. The molecule has 0 aliphatic carbocycles. The lowest BCUT2D eigenvalue weighted by atomic mass is 11.8. The van der Waals surface area contributed by atoms with E-state index in [9.17, 15) is 25.3 Å². The topological polar surface area (TPSA) is 102 Å². The third-order valence-electron chi connectivity index (χ3n) is 0.744. The molecule has 9 heteroatoms. The first kappa shape index (κ1) is 10.8. The van der Waals surface area contributed by atoms with Gasteiger partial charge in [0.2, 0.25) is 0 Å². The van der Waals surface area contributed by atoms with Crippen LogP contribution in [-0.4, -0.2) is 35.4 Å². The minimum Gasteiger partial charge on any atom is -0.229 e. The van der Waals surface area contributed by atoms with E-state index in [1.165, 1.54) is 0 Å². The number of thiol groups is 2. The van der Waals surface area contributed by atoms with Crippen LogP contribution in [0.1, 0.15) is 0 Å². The van der Waals surface area contributed by atoms with Crippen LogP contribution in [0.25, 0.3) is 0 Å². The second kappa shape index (κ2) is 3.50. The van der Waals surface area contributed by atoms with Gasteiger partial charge < -0.3 is 0 Å². The molecule has 0 saturated carbocycles. The van der Waals surface area contributed by atoms with Crippen molar-refractivity contribution in [2.75, 3.05) is 6.26 Å². The summed E-state index contributed by atoms with van der Waals surface area (Å²) >= 11 is 0. The second-order valence-corrected chi connectivity index (χ2v) is 7.14. The van der Waals surface area contributed by atoms with E-state index in [4.69, 9.17) is 0 Å². The van der Waals surface area contributed by atoms with Crippen LogP contribution in [0.2, 0.25) is 0 Å². The van der Waals surface area contributed by atoms with Crippen molar-refractivity contribution >= 4 is 31.2 Å². The first-order valence-electron chi connectivity index (χ1n) is 2.22. The molecule has 0 rings (SSSR count). The van der Waals surface area contributed by atoms with Crippen LogP contribution in [-0.2, 0) is 31.2 Å². The lowest BCUT2D eigenvalue weighted by Crippen LogP contribution is -2.22. The Labute approximate surface area is 67.0 Å². The van der Waals surface area contributed by atoms with Gasteiger partial charge in [-0.25, -0.2) is 25.3 Å². The highest BCUT2D eigenvalue weighted by atomic mass is 32.3. The van der Waals surface area contributed by atoms with Crippen molar-refractivity contribution in [3.05, 3.63) is 0 Å². The maximum atomic E-state index is 10.4. The van der Waals surface area contributed by atoms with Gasteiger partial charge in [0.05, 0.1) is 0 Å². The number of hydrogen-bond donors (Lipinski definition) is 2. The van der Waals surface area contributed by atoms with Gasteiger partial charge in [-0.2, -0.15) is 0 Å². The quantitative estimate of drug-likeness (QED) is 0.513. The Kier molecular flexibility index (Phi) is 3.45. The van der Waals surface area contributed by atoms with Crippen molar-refractivity contribution in [3.63, 3.8) is 0 Å². The maximum absolute atomic E-state index is 10.4. The van der Waals surface area contributed by atoms with Crippen molar-refractivity contribution in [1.29, 1.82) is 0 Å². The highest BCUT2D eigenvalue weighted by Crippen LogP contribution is 1.99. The molecule has 0 aromatic heterocycles. The molecular weight excluding hydrogens is 216 g/mol. The fourth-order valence-corrected chi connectivity index (χ4v) is 3.51. The van der Waals surface area contributed by atoms with Crippen LogP contribution >= 0.6 is 0 Å². The number of sulfone groups is 1. The highest BCUT2D eigenvalue weighted by molar-refractivity contribution is 8.14. The number of hydrogen-bond acceptors (Lipinski definition) is 6. The van der Waals surface area contributed by atoms with Gasteiger partial charge in [0.25, 0.3) is 3.91 Å². The molecule has 68 valence electrons. The van der Waals surface area contributed by atoms with Gasteiger partial charge in [0, 0.05) is 6.26 Å². The average molecular weight is 222 g/mol. The zero-order chi connectivity index (χ0) is 9.23. The lowest BCUT2D eigenvalue weighted by molar-refractivity contribution is 0.589. The van der Waals surface area contributed by atoms with Gasteiger partial charge in [-0.15, -0.1) is 0 Å². The van der Waals surface area contributed by atoms with Crippen molar-refractivity contribution < 1.29 is 25.3 Å². The molecule has 0 radical (unpaired) electrons. The summed E-state index contributed by atoms with van der Waals surface area (Å²) in [5, 5.41) is 0. The van der Waals surface area contributed by atoms with Crippen molar-refractivity contribution in [3.8, 4) is 0 Å². The summed E-state index contributed by atoms with van der Waals surface area (Å²) in [6.45, 7) is 0. The Morgan fingerprint density at radius 2 is 1.27 bits per heavy atom. The van der Waals surface area contributed by atoms with E-state index in [0.717, 1.165) is 0 Å². The van der Waals surface area contributed by atoms with Gasteiger partial charge in [-0.3, -0.25) is 0 Å². The predicted octanol–water partition coefficient (Wildman–Crippen LogP) is -2.46. The highest BCUT2D eigenvalue weighted by Gasteiger charge is 2.26. The summed E-state index contributed by atoms with van der Waals surface area (Å²) in [5.74, 6) is 0. The van der Waals surface area contributed by atoms with E-state index >= 15 is 0 Å². The molecule has 11 heavy (non-hydrogen) atoms. The molecule has 0 unspecified atom stereocenters. The molecule has 0 atom stereocenters. The van der Waals surface area contributed by atoms with E-state index in [-0.39, 0.29) is 0 Å². The minimum absolute atomic E-state index is 0.550. The van der Waals surface area contributed by atoms with Gasteiger partial charge in [-0.1, -0.05) is 0 Å². The minimum atomic E-state index is -4.06. The Hall–Kier alpha value is -0.150. The Morgan fingerprint density at radius 1 is 1.00 bits per heavy atom. The Balaban J connectivity index is 5.29. The van der Waals surface area contributed by atoms with Crippen LogP contribution in [0.15, 0.2) is 0 Å². The molecule has 0 aliphatic rings. The Bertz CT molecular complexity index is 331. The maximum Gasteiger partial charge on any atom is 0.257 e. The van der Waals surface area contributed by atoms with Gasteiger partial charge >= 0.3 is 0 Å². The summed E-state index contributed by atoms with van der Waals surface area (Å²) in [6, 6.07) is 0. The largest absolute Gasteiger partial charge is 0.257 e. The normalized spacial score (nSPS) is 13.1. The molecule has 0 aromatic carbocycles. The summed E-state index contributed by atoms with van der Waals surface area (Å²) in [5.41, 5.74) is 0. The molecule has 0 bridgehead atoms. The SMILES string of the molecule is CS(=O)(=O)C([SH](=O)=O)[SH](=O)=O. The standard InChI is InChI=1S/C2H6O6S3/c1-11(7,8)2(9(3)4)10(5)6/h2,9-10H,1H3. The molecule has 0 aromatic rings. The van der Waals surface area contributed by atoms with Crippen LogP contribution in [0.5, 0.6) is 0 Å². The van der Waals surface area contributed by atoms with Crippen LogP contribution in [0.4, 0.5) is 0 Å². The third-order valence-corrected chi connectivity index (χ3v) is 6.69. The summed E-state index contributed by atoms with van der Waals surface area (Å²) < 4.78 is 58.9. The third kappa shape index (κ3) is 3.16. The number of rotatable bonds is 3. The van der Waals surface area contributed by atoms with Gasteiger partial charge in [-0.05, 0) is 0 Å². The van der Waals surface area contributed by atoms with Gasteiger partial charge in [0.1, 0.15) is 0 Å². The van der Waals surface area contributed by atoms with Crippen LogP contribution in [0, 0.1) is 0 Å². The molecule has 0 heterocycles. The van der Waals surface area contributed by atoms with Crippen molar-refractivity contribution in [2.24, 2.45) is 0 Å². The zero-order valence-electron chi connectivity index (χ0n) is 5.33. The smallest absolute Gasteiger partial charge is 0.229 e. The Morgan fingerprint density at radius 3 is 1.27 bits per heavy atom. The van der Waals surface area contributed by atoms with Crippen molar-refractivity contribution in [2.45, 2.75) is 3.91 Å². The molecule has 0 N–H and O–H groups in total. The van der Waals surface area contributed by atoms with E-state index < -0.39 is 35.2 Å². The predicted molar refractivity (Wildman–Crippen MR) is 39.3 cm³/mol. The molecule has 0 spiro atoms. The summed E-state index contributed by atoms with van der Waals surface area (Å²) in [4.78, 5) is 0. The molecule has 0 fully saturated rings. The molecule has 6 nitrogen and oxygen atoms in total. The fourth-order valence-electron chi connectivity index (χ4n) is 0.390. The summed E-state index contributed by atoms with van der Waals surface area (Å²) in [7, 11) is -11.0. The lowest BCUT2D eigenvalue weighted by Gasteiger charge is -1.96. The van der Waals surface area contributed by atoms with Crippen LogP contribution in [0.3, 0.4) is 0 Å². The van der Waals surface area contributed by atoms with E-state index in [1.54, 1.807) is 0 Å². The van der Waals surface area contributed by atoms with E-state index in [1.807, 2.05) is 0 Å². The monoisotopic (exact) mass is 222 g/mol. The first-order valence-corrected chi connectivity index (χ1v) is 6.67. The average Bonchev–Trinajstić information content (AvgIpc) is 1.54. The molecule has 0 amide bonds. The molecule has 0 aliphatic heterocycles. The van der Waals surface area contributed by atoms with E-state index in [2.05, 4.69) is 0 Å². The molecular formula is C2H6O6S3. The second-order valence-electron chi connectivity index (χ2n) is 1.73. The van der Waals surface area contributed by atoms with Gasteiger partial charge in [0.15, 0.2) is 31.2 Å². The molecule has 0 saturated heterocycles. The van der Waals surface area contributed by atoms with E-state index in [0.29, 0.717) is 6.26 Å². The van der Waals surface area contributed by atoms with Crippen LogP contribution < -0.4 is 0 Å². The fraction of sp³-hybridized carbons (Fsp3) is 1.00. The van der Waals surface area contributed by atoms with Crippen molar-refractivity contribution in [1.82, 2.24) is 0 Å². The summed E-state index contributed by atoms with van der Waals surface area (Å²) in [6.07, 6.45) is 0.550.